The minimum absolute atomic E-state index is 0.448. The van der Waals surface area contributed by atoms with Crippen LogP contribution in [0.2, 0.25) is 0 Å². The zero-order chi connectivity index (χ0) is 22.5. The predicted molar refractivity (Wildman–Crippen MR) is 138 cm³/mol. The molecule has 0 spiro atoms. The Morgan fingerprint density at radius 3 is 1.63 bits per heavy atom. The van der Waals surface area contributed by atoms with E-state index >= 15 is 0 Å². The molecule has 1 rings (SSSR count). The van der Waals surface area contributed by atoms with Crippen molar-refractivity contribution in [2.75, 3.05) is 37.1 Å². The van der Waals surface area contributed by atoms with E-state index in [-0.39, 0.29) is 0 Å². The van der Waals surface area contributed by atoms with Crippen LogP contribution in [-0.4, -0.2) is 37.9 Å². The van der Waals surface area contributed by atoms with Gasteiger partial charge in [0.25, 0.3) is 0 Å². The van der Waals surface area contributed by atoms with Crippen LogP contribution >= 0.6 is 7.26 Å². The molecule has 174 valence electrons. The van der Waals surface area contributed by atoms with Gasteiger partial charge in [-0.25, -0.2) is 4.79 Å². The first-order valence-corrected chi connectivity index (χ1v) is 14.9. The first-order chi connectivity index (χ1) is 14.6. The van der Waals surface area contributed by atoms with Gasteiger partial charge in [-0.2, -0.15) is 0 Å². The second-order valence-corrected chi connectivity index (χ2v) is 12.8. The summed E-state index contributed by atoms with van der Waals surface area (Å²) in [5, 5.41) is 2.53. The maximum atomic E-state index is 10.6. The van der Waals surface area contributed by atoms with Crippen LogP contribution in [0.15, 0.2) is 30.3 Å². The molecule has 0 bridgehead atoms. The van der Waals surface area contributed by atoms with E-state index < -0.39 is 13.4 Å². The summed E-state index contributed by atoms with van der Waals surface area (Å²) in [6, 6.07) is 9.13. The van der Waals surface area contributed by atoms with Crippen molar-refractivity contribution in [3.63, 3.8) is 0 Å². The summed E-state index contributed by atoms with van der Waals surface area (Å²) >= 11 is 0. The summed E-state index contributed by atoms with van der Waals surface area (Å²) in [7, 11) is 0.746. The SMILES string of the molecule is CCCCCC[P+](CCCC)(CCCC)CCCC.COC(=O)Nc1ccccc1. The fraction of sp³-hybridized carbons (Fsp3) is 0.731. The number of rotatable bonds is 15. The third kappa shape index (κ3) is 14.8. The highest BCUT2D eigenvalue weighted by Gasteiger charge is 2.34. The monoisotopic (exact) mass is 438 g/mol. The molecular weight excluding hydrogens is 389 g/mol. The second-order valence-electron chi connectivity index (χ2n) is 8.34. The van der Waals surface area contributed by atoms with E-state index in [0.717, 1.165) is 5.69 Å². The summed E-state index contributed by atoms with van der Waals surface area (Å²) in [4.78, 5) is 10.6. The molecule has 1 aromatic rings. The molecule has 0 aliphatic carbocycles. The lowest BCUT2D eigenvalue weighted by molar-refractivity contribution is 0.187. The molecule has 3 nitrogen and oxygen atoms in total. The van der Waals surface area contributed by atoms with Crippen molar-refractivity contribution in [2.24, 2.45) is 0 Å². The van der Waals surface area contributed by atoms with Gasteiger partial charge in [0, 0.05) is 12.9 Å². The highest BCUT2D eigenvalue weighted by atomic mass is 31.2. The lowest BCUT2D eigenvalue weighted by Gasteiger charge is -2.28. The van der Waals surface area contributed by atoms with Gasteiger partial charge in [0.2, 0.25) is 0 Å². The number of anilines is 1. The van der Waals surface area contributed by atoms with Crippen LogP contribution in [0.25, 0.3) is 0 Å². The minimum Gasteiger partial charge on any atom is -0.453 e. The lowest BCUT2D eigenvalue weighted by atomic mass is 10.2. The summed E-state index contributed by atoms with van der Waals surface area (Å²) in [6.07, 6.45) is 20.5. The van der Waals surface area contributed by atoms with E-state index in [9.17, 15) is 4.79 Å². The van der Waals surface area contributed by atoms with E-state index in [1.54, 1.807) is 36.8 Å². The van der Waals surface area contributed by atoms with Gasteiger partial charge in [0.15, 0.2) is 0 Å². The molecule has 0 aromatic heterocycles. The highest BCUT2D eigenvalue weighted by Crippen LogP contribution is 2.61. The molecule has 4 heteroatoms. The second kappa shape index (κ2) is 19.9. The molecule has 0 aliphatic rings. The van der Waals surface area contributed by atoms with Gasteiger partial charge in [0.05, 0.1) is 31.8 Å². The number of amides is 1. The Bertz CT molecular complexity index is 485. The quantitative estimate of drug-likeness (QED) is 0.219. The normalized spacial score (nSPS) is 10.8. The molecule has 1 aromatic carbocycles. The molecule has 0 saturated carbocycles. The maximum absolute atomic E-state index is 10.6. The van der Waals surface area contributed by atoms with Crippen molar-refractivity contribution in [1.29, 1.82) is 0 Å². The molecule has 1 N–H and O–H groups in total. The Morgan fingerprint density at radius 1 is 0.733 bits per heavy atom. The first-order valence-electron chi connectivity index (χ1n) is 12.3. The number of methoxy groups -OCH3 is 1. The molecule has 0 atom stereocenters. The number of nitrogens with one attached hydrogen (secondary N) is 1. The molecule has 0 saturated heterocycles. The molecule has 0 radical (unpaired) electrons. The highest BCUT2D eigenvalue weighted by molar-refractivity contribution is 7.75. The Kier molecular flexibility index (Phi) is 19.1. The van der Waals surface area contributed by atoms with E-state index in [1.807, 2.05) is 18.2 Å². The molecule has 0 aliphatic heterocycles. The number of hydrogen-bond donors (Lipinski definition) is 1. The van der Waals surface area contributed by atoms with Crippen LogP contribution in [0.1, 0.15) is 91.9 Å². The number of para-hydroxylation sites is 1. The van der Waals surface area contributed by atoms with E-state index in [0.29, 0.717) is 0 Å². The fourth-order valence-electron chi connectivity index (χ4n) is 3.72. The molecule has 0 heterocycles. The van der Waals surface area contributed by atoms with Gasteiger partial charge in [-0.15, -0.1) is 0 Å². The van der Waals surface area contributed by atoms with Gasteiger partial charge >= 0.3 is 6.09 Å². The fourth-order valence-corrected chi connectivity index (χ4v) is 8.91. The summed E-state index contributed by atoms with van der Waals surface area (Å²) in [5.74, 6) is 0. The van der Waals surface area contributed by atoms with Crippen LogP contribution in [0.5, 0.6) is 0 Å². The number of benzene rings is 1. The zero-order valence-electron chi connectivity index (χ0n) is 20.5. The number of carbonyl (C=O) groups is 1. The van der Waals surface area contributed by atoms with Gasteiger partial charge < -0.3 is 4.74 Å². The average molecular weight is 439 g/mol. The Balaban J connectivity index is 0.000000642. The number of hydrogen-bond acceptors (Lipinski definition) is 2. The molecule has 30 heavy (non-hydrogen) atoms. The minimum atomic E-state index is -0.586. The molecular formula is C26H49NO2P+. The average Bonchev–Trinajstić information content (AvgIpc) is 2.78. The van der Waals surface area contributed by atoms with Gasteiger partial charge in [-0.1, -0.05) is 78.0 Å². The number of ether oxygens (including phenoxy) is 1. The first kappa shape index (κ1) is 28.9. The summed E-state index contributed by atoms with van der Waals surface area (Å²) < 4.78 is 4.40. The van der Waals surface area contributed by atoms with E-state index in [2.05, 4.69) is 37.7 Å². The van der Waals surface area contributed by atoms with Crippen LogP contribution in [-0.2, 0) is 4.74 Å². The third-order valence-corrected chi connectivity index (χ3v) is 10.7. The summed E-state index contributed by atoms with van der Waals surface area (Å²) in [5.41, 5.74) is 0.736. The topological polar surface area (TPSA) is 38.3 Å². The van der Waals surface area contributed by atoms with Crippen molar-refractivity contribution >= 4 is 19.0 Å². The Labute approximate surface area is 188 Å². The molecule has 0 fully saturated rings. The predicted octanol–water partition coefficient (Wildman–Crippen LogP) is 8.85. The largest absolute Gasteiger partial charge is 0.453 e. The van der Waals surface area contributed by atoms with Gasteiger partial charge in [0.1, 0.15) is 0 Å². The number of carbonyl (C=O) groups excluding carboxylic acids is 1. The molecule has 0 unspecified atom stereocenters. The van der Waals surface area contributed by atoms with Crippen LogP contribution in [0.4, 0.5) is 10.5 Å². The van der Waals surface area contributed by atoms with Crippen molar-refractivity contribution in [3.8, 4) is 0 Å². The van der Waals surface area contributed by atoms with Crippen LogP contribution in [0, 0.1) is 0 Å². The van der Waals surface area contributed by atoms with E-state index in [1.165, 1.54) is 71.3 Å². The molecule has 1 amide bonds. The maximum Gasteiger partial charge on any atom is 0.411 e. The Morgan fingerprint density at radius 2 is 1.20 bits per heavy atom. The van der Waals surface area contributed by atoms with Crippen molar-refractivity contribution in [1.82, 2.24) is 0 Å². The Hall–Kier alpha value is -1.08. The van der Waals surface area contributed by atoms with Gasteiger partial charge in [-0.05, 0) is 44.2 Å². The standard InChI is InChI=1S/C18H40P.C8H9NO2/c1-5-9-13-14-18-19(15-10-6-2,16-11-7-3)17-12-8-4;1-11-8(10)9-7-5-3-2-4-6-7/h5-18H2,1-4H3;2-6H,1H3,(H,9,10)/q+1;. The van der Waals surface area contributed by atoms with Crippen molar-refractivity contribution < 1.29 is 9.53 Å². The van der Waals surface area contributed by atoms with E-state index in [4.69, 9.17) is 0 Å². The van der Waals surface area contributed by atoms with Crippen molar-refractivity contribution in [3.05, 3.63) is 30.3 Å². The number of unbranched alkanes of at least 4 members (excludes halogenated alkanes) is 6. The summed E-state index contributed by atoms with van der Waals surface area (Å²) in [6.45, 7) is 9.43. The smallest absolute Gasteiger partial charge is 0.411 e. The van der Waals surface area contributed by atoms with Crippen molar-refractivity contribution in [2.45, 2.75) is 91.9 Å². The zero-order valence-corrected chi connectivity index (χ0v) is 21.4. The lowest BCUT2D eigenvalue weighted by Crippen LogP contribution is -2.12. The third-order valence-electron chi connectivity index (χ3n) is 5.65. The van der Waals surface area contributed by atoms with Gasteiger partial charge in [-0.3, -0.25) is 5.32 Å². The van der Waals surface area contributed by atoms with Crippen LogP contribution < -0.4 is 5.32 Å². The van der Waals surface area contributed by atoms with Crippen LogP contribution in [0.3, 0.4) is 0 Å².